The molecule has 4 rings (SSSR count). The van der Waals surface area contributed by atoms with Crippen molar-refractivity contribution in [3.63, 3.8) is 0 Å². The minimum atomic E-state index is -0.307. The first-order chi connectivity index (χ1) is 15.8. The van der Waals surface area contributed by atoms with Crippen LogP contribution in [0.3, 0.4) is 0 Å². The first-order valence-corrected chi connectivity index (χ1v) is 11.4. The predicted molar refractivity (Wildman–Crippen MR) is 134 cm³/mol. The zero-order chi connectivity index (χ0) is 23.5. The summed E-state index contributed by atoms with van der Waals surface area (Å²) in [4.78, 5) is 17.9. The van der Waals surface area contributed by atoms with Crippen molar-refractivity contribution in [2.75, 3.05) is 0 Å². The summed E-state index contributed by atoms with van der Waals surface area (Å²) in [6, 6.07) is 18.2. The maximum Gasteiger partial charge on any atom is 0.282 e. The molecule has 0 aliphatic carbocycles. The second-order valence-electron chi connectivity index (χ2n) is 8.09. The monoisotopic (exact) mass is 505 g/mol. The van der Waals surface area contributed by atoms with Crippen LogP contribution in [0.15, 0.2) is 75.0 Å². The third-order valence-electron chi connectivity index (χ3n) is 5.27. The average Bonchev–Trinajstić information content (AvgIpc) is 2.79. The Labute approximate surface area is 200 Å². The molecule has 0 aliphatic rings. The summed E-state index contributed by atoms with van der Waals surface area (Å²) < 4.78 is 8.17. The van der Waals surface area contributed by atoms with Crippen molar-refractivity contribution in [3.05, 3.63) is 98.0 Å². The molecule has 0 saturated carbocycles. The van der Waals surface area contributed by atoms with E-state index in [1.54, 1.807) is 36.4 Å². The van der Waals surface area contributed by atoms with E-state index in [2.05, 4.69) is 52.0 Å². The molecule has 0 atom stereocenters. The highest BCUT2D eigenvalue weighted by molar-refractivity contribution is 9.10. The Kier molecular flexibility index (Phi) is 6.60. The largest absolute Gasteiger partial charge is 0.507 e. The molecular formula is C26H24BrN3O3. The fourth-order valence-electron chi connectivity index (χ4n) is 3.52. The summed E-state index contributed by atoms with van der Waals surface area (Å²) in [7, 11) is 0. The standard InChI is InChI=1S/C26H24BrN3O3/c1-16(2)20-10-8-17(3)12-24(20)33-15-25-29-22-7-5-4-6-21(22)26(32)30(25)28-14-18-13-19(27)9-11-23(18)31/h4-14,16,31H,15H2,1-3H3. The van der Waals surface area contributed by atoms with E-state index in [0.29, 0.717) is 22.3 Å². The Morgan fingerprint density at radius 2 is 1.94 bits per heavy atom. The minimum Gasteiger partial charge on any atom is -0.507 e. The number of halogens is 1. The van der Waals surface area contributed by atoms with Crippen molar-refractivity contribution in [2.24, 2.45) is 5.10 Å². The maximum atomic E-state index is 13.2. The number of aromatic nitrogens is 2. The third kappa shape index (κ3) is 4.98. The van der Waals surface area contributed by atoms with E-state index in [9.17, 15) is 9.90 Å². The molecule has 4 aromatic rings. The van der Waals surface area contributed by atoms with Crippen LogP contribution in [0.5, 0.6) is 11.5 Å². The van der Waals surface area contributed by atoms with Crippen molar-refractivity contribution in [1.29, 1.82) is 0 Å². The number of hydrogen-bond acceptors (Lipinski definition) is 5. The summed E-state index contributed by atoms with van der Waals surface area (Å²) in [5.74, 6) is 1.46. The number of para-hydroxylation sites is 1. The molecule has 168 valence electrons. The lowest BCUT2D eigenvalue weighted by molar-refractivity contribution is 0.285. The van der Waals surface area contributed by atoms with Crippen molar-refractivity contribution in [2.45, 2.75) is 33.3 Å². The second-order valence-corrected chi connectivity index (χ2v) is 9.01. The first kappa shape index (κ1) is 22.7. The molecule has 0 spiro atoms. The van der Waals surface area contributed by atoms with Gasteiger partial charge in [0.2, 0.25) is 0 Å². The number of fused-ring (bicyclic) bond motifs is 1. The summed E-state index contributed by atoms with van der Waals surface area (Å²) in [6.07, 6.45) is 1.44. The SMILES string of the molecule is Cc1ccc(C(C)C)c(OCc2nc3ccccc3c(=O)n2N=Cc2cc(Br)ccc2O)c1. The molecule has 0 bridgehead atoms. The van der Waals surface area contributed by atoms with E-state index in [1.807, 2.05) is 19.1 Å². The topological polar surface area (TPSA) is 76.7 Å². The quantitative estimate of drug-likeness (QED) is 0.338. The Hall–Kier alpha value is -3.45. The van der Waals surface area contributed by atoms with Gasteiger partial charge in [0.1, 0.15) is 18.1 Å². The van der Waals surface area contributed by atoms with Crippen LogP contribution >= 0.6 is 15.9 Å². The Morgan fingerprint density at radius 1 is 1.15 bits per heavy atom. The van der Waals surface area contributed by atoms with E-state index in [4.69, 9.17) is 4.74 Å². The molecule has 1 aromatic heterocycles. The molecule has 1 heterocycles. The summed E-state index contributed by atoms with van der Waals surface area (Å²) in [5.41, 5.74) is 2.90. The normalized spacial score (nSPS) is 11.5. The van der Waals surface area contributed by atoms with Crippen molar-refractivity contribution in [3.8, 4) is 11.5 Å². The van der Waals surface area contributed by atoms with E-state index < -0.39 is 0 Å². The van der Waals surface area contributed by atoms with Crippen LogP contribution in [-0.4, -0.2) is 21.0 Å². The van der Waals surface area contributed by atoms with E-state index >= 15 is 0 Å². The molecule has 0 amide bonds. The highest BCUT2D eigenvalue weighted by atomic mass is 79.9. The third-order valence-corrected chi connectivity index (χ3v) is 5.76. The van der Waals surface area contributed by atoms with Gasteiger partial charge in [0.05, 0.1) is 17.1 Å². The lowest BCUT2D eigenvalue weighted by Crippen LogP contribution is -2.23. The van der Waals surface area contributed by atoms with Gasteiger partial charge in [-0.15, -0.1) is 0 Å². The second kappa shape index (κ2) is 9.58. The van der Waals surface area contributed by atoms with Crippen molar-refractivity contribution >= 4 is 33.0 Å². The number of benzene rings is 3. The molecule has 33 heavy (non-hydrogen) atoms. The summed E-state index contributed by atoms with van der Waals surface area (Å²) in [6.45, 7) is 6.29. The zero-order valence-corrected chi connectivity index (χ0v) is 20.2. The zero-order valence-electron chi connectivity index (χ0n) is 18.6. The van der Waals surface area contributed by atoms with Crippen LogP contribution in [0.1, 0.15) is 42.3 Å². The highest BCUT2D eigenvalue weighted by Crippen LogP contribution is 2.28. The van der Waals surface area contributed by atoms with Crippen LogP contribution < -0.4 is 10.3 Å². The van der Waals surface area contributed by atoms with Crippen LogP contribution in [0, 0.1) is 6.92 Å². The van der Waals surface area contributed by atoms with E-state index in [0.717, 1.165) is 21.3 Å². The van der Waals surface area contributed by atoms with Gasteiger partial charge in [0.15, 0.2) is 5.82 Å². The van der Waals surface area contributed by atoms with Gasteiger partial charge in [0.25, 0.3) is 5.56 Å². The smallest absolute Gasteiger partial charge is 0.282 e. The summed E-state index contributed by atoms with van der Waals surface area (Å²) in [5, 5.41) is 15.0. The number of rotatable bonds is 6. The number of ether oxygens (including phenoxy) is 1. The van der Waals surface area contributed by atoms with Crippen LogP contribution in [-0.2, 0) is 6.61 Å². The lowest BCUT2D eigenvalue weighted by atomic mass is 10.0. The molecule has 0 radical (unpaired) electrons. The molecule has 3 aromatic carbocycles. The molecule has 0 fully saturated rings. The number of phenols is 1. The Morgan fingerprint density at radius 3 is 2.73 bits per heavy atom. The molecule has 6 nitrogen and oxygen atoms in total. The molecule has 0 aliphatic heterocycles. The number of phenolic OH excluding ortho intramolecular Hbond substituents is 1. The lowest BCUT2D eigenvalue weighted by Gasteiger charge is -2.16. The van der Waals surface area contributed by atoms with E-state index in [1.165, 1.54) is 10.9 Å². The van der Waals surface area contributed by atoms with Gasteiger partial charge in [-0.25, -0.2) is 4.98 Å². The number of aromatic hydroxyl groups is 1. The maximum absolute atomic E-state index is 13.2. The van der Waals surface area contributed by atoms with E-state index in [-0.39, 0.29) is 23.8 Å². The van der Waals surface area contributed by atoms with Gasteiger partial charge in [-0.1, -0.05) is 54.0 Å². The number of hydrogen-bond donors (Lipinski definition) is 1. The predicted octanol–water partition coefficient (Wildman–Crippen LogP) is 5.76. The van der Waals surface area contributed by atoms with Crippen molar-refractivity contribution in [1.82, 2.24) is 9.66 Å². The average molecular weight is 506 g/mol. The van der Waals surface area contributed by atoms with Gasteiger partial charge >= 0.3 is 0 Å². The molecule has 1 N–H and O–H groups in total. The fraction of sp³-hybridized carbons (Fsp3) is 0.192. The van der Waals surface area contributed by atoms with Gasteiger partial charge in [-0.2, -0.15) is 9.78 Å². The minimum absolute atomic E-state index is 0.0582. The highest BCUT2D eigenvalue weighted by Gasteiger charge is 2.14. The Balaban J connectivity index is 1.78. The van der Waals surface area contributed by atoms with Crippen molar-refractivity contribution < 1.29 is 9.84 Å². The number of aryl methyl sites for hydroxylation is 1. The van der Waals surface area contributed by atoms with Crippen LogP contribution in [0.2, 0.25) is 0 Å². The Bertz CT molecular complexity index is 1410. The summed E-state index contributed by atoms with van der Waals surface area (Å²) >= 11 is 3.39. The first-order valence-electron chi connectivity index (χ1n) is 10.6. The molecule has 7 heteroatoms. The van der Waals surface area contributed by atoms with Crippen LogP contribution in [0.4, 0.5) is 0 Å². The van der Waals surface area contributed by atoms with Crippen LogP contribution in [0.25, 0.3) is 10.9 Å². The molecular weight excluding hydrogens is 482 g/mol. The fourth-order valence-corrected chi connectivity index (χ4v) is 3.90. The molecule has 0 saturated heterocycles. The van der Waals surface area contributed by atoms with Gasteiger partial charge in [-0.3, -0.25) is 4.79 Å². The van der Waals surface area contributed by atoms with Gasteiger partial charge < -0.3 is 9.84 Å². The van der Waals surface area contributed by atoms with Gasteiger partial charge in [0, 0.05) is 10.0 Å². The van der Waals surface area contributed by atoms with Gasteiger partial charge in [-0.05, 0) is 60.4 Å². The molecule has 0 unspecified atom stereocenters. The number of nitrogens with zero attached hydrogens (tertiary/aromatic N) is 3.